The first kappa shape index (κ1) is 19.0. The fourth-order valence-electron chi connectivity index (χ4n) is 4.08. The highest BCUT2D eigenvalue weighted by Crippen LogP contribution is 2.34. The van der Waals surface area contributed by atoms with Crippen molar-refractivity contribution in [2.24, 2.45) is 0 Å². The first-order valence-corrected chi connectivity index (χ1v) is 9.79. The molecule has 1 aliphatic heterocycles. The molecule has 0 bridgehead atoms. The van der Waals surface area contributed by atoms with Gasteiger partial charge < -0.3 is 14.6 Å². The standard InChI is InChI=1S/C22H23N3O4/c1-29-17-9-6-15(7-10-17)21-5-3-2-4-12-24(21)22(26)19-14-23-20-11-8-16(25(27)28)13-18(19)20/h6-11,13-14,21,23H,2-5,12H2,1H3/t21-/m1/s1. The van der Waals surface area contributed by atoms with Gasteiger partial charge >= 0.3 is 0 Å². The zero-order chi connectivity index (χ0) is 20.4. The van der Waals surface area contributed by atoms with E-state index in [1.54, 1.807) is 19.4 Å². The molecule has 0 spiro atoms. The van der Waals surface area contributed by atoms with Crippen LogP contribution in [0.4, 0.5) is 5.69 Å². The molecule has 0 saturated carbocycles. The molecule has 7 nitrogen and oxygen atoms in total. The van der Waals surface area contributed by atoms with E-state index in [2.05, 4.69) is 4.98 Å². The van der Waals surface area contributed by atoms with Crippen molar-refractivity contribution >= 4 is 22.5 Å². The van der Waals surface area contributed by atoms with Gasteiger partial charge in [-0.1, -0.05) is 25.0 Å². The number of rotatable bonds is 4. The van der Waals surface area contributed by atoms with Crippen molar-refractivity contribution in [1.29, 1.82) is 0 Å². The molecule has 4 rings (SSSR count). The topological polar surface area (TPSA) is 88.5 Å². The van der Waals surface area contributed by atoms with Crippen LogP contribution in [0.15, 0.2) is 48.7 Å². The number of hydrogen-bond acceptors (Lipinski definition) is 4. The van der Waals surface area contributed by atoms with Crippen molar-refractivity contribution in [1.82, 2.24) is 9.88 Å². The van der Waals surface area contributed by atoms with Gasteiger partial charge in [0.15, 0.2) is 0 Å². The Labute approximate surface area is 168 Å². The number of methoxy groups -OCH3 is 1. The summed E-state index contributed by atoms with van der Waals surface area (Å²) in [5, 5.41) is 11.8. The van der Waals surface area contributed by atoms with E-state index in [-0.39, 0.29) is 17.6 Å². The van der Waals surface area contributed by atoms with Crippen LogP contribution in [-0.4, -0.2) is 34.4 Å². The average molecular weight is 393 g/mol. The minimum atomic E-state index is -0.438. The molecule has 29 heavy (non-hydrogen) atoms. The molecule has 2 heterocycles. The van der Waals surface area contributed by atoms with Gasteiger partial charge in [0.1, 0.15) is 5.75 Å². The van der Waals surface area contributed by atoms with Crippen LogP contribution in [0.1, 0.15) is 47.6 Å². The summed E-state index contributed by atoms with van der Waals surface area (Å²) >= 11 is 0. The van der Waals surface area contributed by atoms with Crippen molar-refractivity contribution in [3.63, 3.8) is 0 Å². The molecule has 1 fully saturated rings. The molecular formula is C22H23N3O4. The number of fused-ring (bicyclic) bond motifs is 1. The van der Waals surface area contributed by atoms with Crippen LogP contribution in [-0.2, 0) is 0 Å². The summed E-state index contributed by atoms with van der Waals surface area (Å²) in [7, 11) is 1.63. The Bertz CT molecular complexity index is 1040. The van der Waals surface area contributed by atoms with Crippen molar-refractivity contribution in [2.45, 2.75) is 31.7 Å². The van der Waals surface area contributed by atoms with E-state index in [4.69, 9.17) is 4.74 Å². The first-order chi connectivity index (χ1) is 14.1. The maximum atomic E-state index is 13.5. The number of non-ortho nitro benzene ring substituents is 1. The number of aromatic nitrogens is 1. The molecule has 1 saturated heterocycles. The lowest BCUT2D eigenvalue weighted by atomic mass is 9.99. The predicted molar refractivity (Wildman–Crippen MR) is 110 cm³/mol. The Morgan fingerprint density at radius 1 is 1.17 bits per heavy atom. The fourth-order valence-corrected chi connectivity index (χ4v) is 4.08. The second kappa shape index (κ2) is 7.95. The summed E-state index contributed by atoms with van der Waals surface area (Å²) in [6, 6.07) is 12.4. The minimum absolute atomic E-state index is 0.0197. The van der Waals surface area contributed by atoms with Crippen LogP contribution in [0, 0.1) is 10.1 Å². The SMILES string of the molecule is COc1ccc([C@H]2CCCCCN2C(=O)c2c[nH]c3ccc([N+](=O)[O-])cc23)cc1. The second-order valence-corrected chi connectivity index (χ2v) is 7.33. The molecule has 1 aromatic heterocycles. The number of ether oxygens (including phenoxy) is 1. The normalized spacial score (nSPS) is 17.1. The number of amides is 1. The molecule has 7 heteroatoms. The summed E-state index contributed by atoms with van der Waals surface area (Å²) in [5.41, 5.74) is 2.25. The molecule has 2 aromatic carbocycles. The lowest BCUT2D eigenvalue weighted by Crippen LogP contribution is -2.34. The number of hydrogen-bond donors (Lipinski definition) is 1. The van der Waals surface area contributed by atoms with E-state index in [0.717, 1.165) is 42.5 Å². The Hall–Kier alpha value is -3.35. The van der Waals surface area contributed by atoms with Gasteiger partial charge in [-0.05, 0) is 36.6 Å². The number of carbonyl (C=O) groups excluding carboxylic acids is 1. The maximum Gasteiger partial charge on any atom is 0.270 e. The Morgan fingerprint density at radius 3 is 2.69 bits per heavy atom. The largest absolute Gasteiger partial charge is 0.497 e. The first-order valence-electron chi connectivity index (χ1n) is 9.79. The van der Waals surface area contributed by atoms with Gasteiger partial charge in [-0.3, -0.25) is 14.9 Å². The lowest BCUT2D eigenvalue weighted by Gasteiger charge is -2.30. The van der Waals surface area contributed by atoms with Crippen LogP contribution >= 0.6 is 0 Å². The maximum absolute atomic E-state index is 13.5. The van der Waals surface area contributed by atoms with Crippen LogP contribution in [0.2, 0.25) is 0 Å². The smallest absolute Gasteiger partial charge is 0.270 e. The summed E-state index contributed by atoms with van der Waals surface area (Å²) in [5.74, 6) is 0.684. The lowest BCUT2D eigenvalue weighted by molar-refractivity contribution is -0.384. The van der Waals surface area contributed by atoms with Crippen LogP contribution < -0.4 is 4.74 Å². The van der Waals surface area contributed by atoms with E-state index in [1.807, 2.05) is 29.2 Å². The number of nitrogens with one attached hydrogen (secondary N) is 1. The predicted octanol–water partition coefficient (Wildman–Crippen LogP) is 4.84. The zero-order valence-corrected chi connectivity index (χ0v) is 16.3. The molecular weight excluding hydrogens is 370 g/mol. The highest BCUT2D eigenvalue weighted by atomic mass is 16.6. The summed E-state index contributed by atoms with van der Waals surface area (Å²) in [4.78, 5) is 29.2. The van der Waals surface area contributed by atoms with E-state index >= 15 is 0 Å². The highest BCUT2D eigenvalue weighted by Gasteiger charge is 2.29. The number of benzene rings is 2. The molecule has 1 N–H and O–H groups in total. The zero-order valence-electron chi connectivity index (χ0n) is 16.3. The molecule has 0 radical (unpaired) electrons. The number of nitro groups is 1. The molecule has 3 aromatic rings. The van der Waals surface area contributed by atoms with Gasteiger partial charge in [0.05, 0.1) is 23.6 Å². The van der Waals surface area contributed by atoms with Gasteiger partial charge in [-0.2, -0.15) is 0 Å². The molecule has 150 valence electrons. The van der Waals surface area contributed by atoms with Crippen LogP contribution in [0.5, 0.6) is 5.75 Å². The van der Waals surface area contributed by atoms with Gasteiger partial charge in [0.2, 0.25) is 0 Å². The molecule has 0 unspecified atom stereocenters. The number of carbonyl (C=O) groups is 1. The van der Waals surface area contributed by atoms with Crippen LogP contribution in [0.3, 0.4) is 0 Å². The van der Waals surface area contributed by atoms with Gasteiger partial charge in [0.25, 0.3) is 11.6 Å². The number of H-pyrrole nitrogens is 1. The number of aromatic amines is 1. The van der Waals surface area contributed by atoms with Gasteiger partial charge in [0, 0.05) is 35.8 Å². The average Bonchev–Trinajstić information content (AvgIpc) is 3.01. The van der Waals surface area contributed by atoms with E-state index < -0.39 is 4.92 Å². The van der Waals surface area contributed by atoms with Crippen LogP contribution in [0.25, 0.3) is 10.9 Å². The monoisotopic (exact) mass is 393 g/mol. The minimum Gasteiger partial charge on any atom is -0.497 e. The summed E-state index contributed by atoms with van der Waals surface area (Å²) in [6.07, 6.45) is 5.63. The quantitative estimate of drug-likeness (QED) is 0.507. The van der Waals surface area contributed by atoms with Gasteiger partial charge in [-0.25, -0.2) is 0 Å². The number of nitro benzene ring substituents is 1. The Morgan fingerprint density at radius 2 is 1.97 bits per heavy atom. The van der Waals surface area contributed by atoms with Crippen molar-refractivity contribution in [3.05, 3.63) is 69.9 Å². The summed E-state index contributed by atoms with van der Waals surface area (Å²) in [6.45, 7) is 0.664. The Kier molecular flexibility index (Phi) is 5.20. The van der Waals surface area contributed by atoms with Gasteiger partial charge in [-0.15, -0.1) is 0 Å². The van der Waals surface area contributed by atoms with Crippen molar-refractivity contribution < 1.29 is 14.5 Å². The summed E-state index contributed by atoms with van der Waals surface area (Å²) < 4.78 is 5.25. The second-order valence-electron chi connectivity index (χ2n) is 7.33. The fraction of sp³-hybridized carbons (Fsp3) is 0.318. The van der Waals surface area contributed by atoms with E-state index in [1.165, 1.54) is 12.1 Å². The van der Waals surface area contributed by atoms with Crippen molar-refractivity contribution in [3.8, 4) is 5.75 Å². The van der Waals surface area contributed by atoms with E-state index in [9.17, 15) is 14.9 Å². The van der Waals surface area contributed by atoms with E-state index in [0.29, 0.717) is 17.5 Å². The molecule has 1 amide bonds. The highest BCUT2D eigenvalue weighted by molar-refractivity contribution is 6.07. The molecule has 0 aliphatic carbocycles. The number of nitrogens with zero attached hydrogens (tertiary/aromatic N) is 2. The third-order valence-corrected chi connectivity index (χ3v) is 5.62. The molecule has 1 aliphatic rings. The molecule has 1 atom stereocenters. The third-order valence-electron chi connectivity index (χ3n) is 5.62. The Balaban J connectivity index is 1.71. The number of likely N-dealkylation sites (tertiary alicyclic amines) is 1. The third kappa shape index (κ3) is 3.68. The van der Waals surface area contributed by atoms with Crippen molar-refractivity contribution in [2.75, 3.05) is 13.7 Å².